The zero-order valence-electron chi connectivity index (χ0n) is 14.6. The van der Waals surface area contributed by atoms with Gasteiger partial charge in [-0.15, -0.1) is 14.1 Å². The van der Waals surface area contributed by atoms with Crippen LogP contribution in [0.15, 0.2) is 48.5 Å². The predicted molar refractivity (Wildman–Crippen MR) is 89.6 cm³/mol. The van der Waals surface area contributed by atoms with E-state index in [0.717, 1.165) is 11.1 Å². The van der Waals surface area contributed by atoms with Gasteiger partial charge in [-0.05, 0) is 25.0 Å². The van der Waals surface area contributed by atoms with Gasteiger partial charge in [0.2, 0.25) is 0 Å². The molecule has 0 aromatic heterocycles. The van der Waals surface area contributed by atoms with E-state index in [1.165, 1.54) is 14.1 Å². The Balaban J connectivity index is -0.000000346. The third-order valence-electron chi connectivity index (χ3n) is 3.00. The van der Waals surface area contributed by atoms with Gasteiger partial charge in [0, 0.05) is 0 Å². The molecule has 0 fully saturated rings. The number of rotatable bonds is 2. The van der Waals surface area contributed by atoms with Crippen LogP contribution in [0.5, 0.6) is 0 Å². The second-order valence-electron chi connectivity index (χ2n) is 4.79. The van der Waals surface area contributed by atoms with E-state index < -0.39 is 0 Å². The second-order valence-corrected chi connectivity index (χ2v) is 4.79. The molecule has 0 saturated carbocycles. The van der Waals surface area contributed by atoms with Gasteiger partial charge in [-0.25, -0.2) is 0 Å². The number of hydrogen-bond acceptors (Lipinski definition) is 2. The Hall–Kier alpha value is -0.777. The van der Waals surface area contributed by atoms with Crippen molar-refractivity contribution in [1.29, 1.82) is 0 Å². The standard InChI is InChI=1S/2C9H11NO.2BrH.Zr/c2*1-7-3-5-8(6-4-7)9(11)10-2;;;/h2*3-6H,1-2H3,(H,10,11);2*1H;/q;;;;+4/p-4. The summed E-state index contributed by atoms with van der Waals surface area (Å²) < 4.78 is 0. The number of aryl methyl sites for hydroxylation is 2. The Morgan fingerprint density at radius 1 is 0.640 bits per heavy atom. The molecule has 4 nitrogen and oxygen atoms in total. The smallest absolute Gasteiger partial charge is 1.00 e. The van der Waals surface area contributed by atoms with Crippen LogP contribution in [0.3, 0.4) is 0 Å². The van der Waals surface area contributed by atoms with Gasteiger partial charge >= 0.3 is 26.2 Å². The van der Waals surface area contributed by atoms with Crippen molar-refractivity contribution in [3.05, 3.63) is 81.4 Å². The van der Waals surface area contributed by atoms with Crippen molar-refractivity contribution < 1.29 is 69.8 Å². The quantitative estimate of drug-likeness (QED) is 0.450. The van der Waals surface area contributed by atoms with E-state index in [-0.39, 0.29) is 72.0 Å². The summed E-state index contributed by atoms with van der Waals surface area (Å²) in [5.41, 5.74) is 3.60. The van der Waals surface area contributed by atoms with E-state index in [1.54, 1.807) is 24.3 Å². The Morgan fingerprint density at radius 3 is 1.08 bits per heavy atom. The molecule has 7 heteroatoms. The zero-order chi connectivity index (χ0) is 16.5. The van der Waals surface area contributed by atoms with Crippen LogP contribution < -0.4 is 34.0 Å². The van der Waals surface area contributed by atoms with Crippen LogP contribution in [0.4, 0.5) is 0 Å². The maximum atomic E-state index is 11.0. The largest absolute Gasteiger partial charge is 4.00 e. The maximum Gasteiger partial charge on any atom is 4.00 e. The molecule has 0 aliphatic carbocycles. The molecule has 0 radical (unpaired) electrons. The summed E-state index contributed by atoms with van der Waals surface area (Å²) in [6.07, 6.45) is 0. The van der Waals surface area contributed by atoms with Gasteiger partial charge in [-0.2, -0.15) is 0 Å². The third kappa shape index (κ3) is 10.7. The van der Waals surface area contributed by atoms with Crippen LogP contribution in [0.2, 0.25) is 0 Å². The van der Waals surface area contributed by atoms with Crippen molar-refractivity contribution in [2.24, 2.45) is 0 Å². The number of carbonyl (C=O) groups excluding carboxylic acids is 2. The molecular weight excluding hydrogens is 527 g/mol. The minimum absolute atomic E-state index is 0. The second kappa shape index (κ2) is 15.5. The van der Waals surface area contributed by atoms with E-state index in [9.17, 15) is 9.59 Å². The molecule has 2 amide bonds. The molecule has 0 aliphatic heterocycles. The van der Waals surface area contributed by atoms with Crippen molar-refractivity contribution in [2.75, 3.05) is 14.1 Å². The summed E-state index contributed by atoms with van der Waals surface area (Å²) in [7, 11) is 3.00. The summed E-state index contributed by atoms with van der Waals surface area (Å²) in [6.45, 7) is 3.97. The molecule has 0 unspecified atom stereocenters. The topological polar surface area (TPSA) is 62.3 Å². The van der Waals surface area contributed by atoms with Crippen LogP contribution in [-0.4, -0.2) is 25.9 Å². The normalized spacial score (nSPS) is 8.16. The average Bonchev–Trinajstić information content (AvgIpc) is 2.55. The number of carbonyl (C=O) groups is 2. The van der Waals surface area contributed by atoms with Crippen LogP contribution in [0.1, 0.15) is 31.8 Å². The molecular formula is C18H20Br2N2O2Zr. The minimum Gasteiger partial charge on any atom is -1.00 e. The van der Waals surface area contributed by atoms with Crippen molar-refractivity contribution in [2.45, 2.75) is 13.8 Å². The molecule has 0 bridgehead atoms. The third-order valence-corrected chi connectivity index (χ3v) is 3.00. The monoisotopic (exact) mass is 544 g/mol. The summed E-state index contributed by atoms with van der Waals surface area (Å²) in [6, 6.07) is 14.7. The Kier molecular flexibility index (Phi) is 18.0. The van der Waals surface area contributed by atoms with Gasteiger partial charge in [-0.1, -0.05) is 59.7 Å². The number of halogens is 2. The van der Waals surface area contributed by atoms with Gasteiger partial charge in [0.1, 0.15) is 0 Å². The summed E-state index contributed by atoms with van der Waals surface area (Å²) in [5.74, 6) is -0.324. The Morgan fingerprint density at radius 2 is 0.880 bits per heavy atom. The average molecular weight is 547 g/mol. The van der Waals surface area contributed by atoms with Crippen molar-refractivity contribution in [3.8, 4) is 0 Å². The van der Waals surface area contributed by atoms with Gasteiger partial charge < -0.3 is 54.2 Å². The van der Waals surface area contributed by atoms with E-state index in [0.29, 0.717) is 11.1 Å². The van der Waals surface area contributed by atoms with E-state index >= 15 is 0 Å². The van der Waals surface area contributed by atoms with Crippen molar-refractivity contribution >= 4 is 11.8 Å². The molecule has 0 spiro atoms. The first-order valence-corrected chi connectivity index (χ1v) is 6.89. The molecule has 132 valence electrons. The molecule has 2 rings (SSSR count). The van der Waals surface area contributed by atoms with E-state index in [4.69, 9.17) is 0 Å². The van der Waals surface area contributed by atoms with Crippen LogP contribution in [-0.2, 0) is 26.2 Å². The Labute approximate surface area is 189 Å². The van der Waals surface area contributed by atoms with Crippen molar-refractivity contribution in [1.82, 2.24) is 0 Å². The molecule has 2 aromatic carbocycles. The molecule has 0 N–H and O–H groups in total. The van der Waals surface area contributed by atoms with Gasteiger partial charge in [0.05, 0.1) is 11.8 Å². The minimum atomic E-state index is -0.162. The fraction of sp³-hybridized carbons (Fsp3) is 0.222. The number of benzene rings is 2. The molecule has 0 heterocycles. The SMILES string of the molecule is C[N-]C(=O)c1ccc(C)cc1.C[N-]C(=O)c1ccc(C)cc1.[Br-].[Br-].[Zr+4]. The number of hydrogen-bond donors (Lipinski definition) is 0. The van der Waals surface area contributed by atoms with Gasteiger partial charge in [0.15, 0.2) is 0 Å². The molecule has 0 saturated heterocycles. The molecule has 2 aromatic rings. The predicted octanol–water partition coefficient (Wildman–Crippen LogP) is -1.72. The van der Waals surface area contributed by atoms with Gasteiger partial charge in [0.25, 0.3) is 0 Å². The van der Waals surface area contributed by atoms with Crippen LogP contribution in [0, 0.1) is 13.8 Å². The zero-order valence-corrected chi connectivity index (χ0v) is 20.2. The fourth-order valence-electron chi connectivity index (χ4n) is 1.65. The molecule has 0 atom stereocenters. The van der Waals surface area contributed by atoms with Crippen molar-refractivity contribution in [3.63, 3.8) is 0 Å². The van der Waals surface area contributed by atoms with E-state index in [1.807, 2.05) is 38.1 Å². The molecule has 25 heavy (non-hydrogen) atoms. The molecule has 0 aliphatic rings. The van der Waals surface area contributed by atoms with E-state index in [2.05, 4.69) is 10.6 Å². The van der Waals surface area contributed by atoms with Gasteiger partial charge in [-0.3, -0.25) is 0 Å². The first-order valence-electron chi connectivity index (χ1n) is 6.89. The summed E-state index contributed by atoms with van der Waals surface area (Å²) in [5, 5.41) is 7.10. The number of nitrogens with zero attached hydrogens (tertiary/aromatic N) is 2. The maximum absolute atomic E-state index is 11.0. The van der Waals surface area contributed by atoms with Crippen LogP contribution in [0.25, 0.3) is 10.6 Å². The number of amides is 2. The first kappa shape index (κ1) is 29.0. The summed E-state index contributed by atoms with van der Waals surface area (Å²) >= 11 is 0. The first-order chi connectivity index (χ1) is 10.5. The fourth-order valence-corrected chi connectivity index (χ4v) is 1.65. The van der Waals surface area contributed by atoms with Crippen LogP contribution >= 0.6 is 0 Å². The summed E-state index contributed by atoms with van der Waals surface area (Å²) in [4.78, 5) is 21.9. The Bertz CT molecular complexity index is 575.